The molecule has 806 valence electrons. The summed E-state index contributed by atoms with van der Waals surface area (Å²) >= 11 is 6.22. The van der Waals surface area contributed by atoms with Crippen molar-refractivity contribution in [3.8, 4) is 0 Å². The predicted molar refractivity (Wildman–Crippen MR) is 625 cm³/mol. The molecule has 0 saturated heterocycles. The summed E-state index contributed by atoms with van der Waals surface area (Å²) in [4.78, 5) is 39.4. The van der Waals surface area contributed by atoms with E-state index in [1.54, 1.807) is 182 Å². The Hall–Kier alpha value is -10.8. The van der Waals surface area contributed by atoms with Gasteiger partial charge in [0.15, 0.2) is 12.7 Å². The number of rotatable bonds is 0. The number of hydrogen-bond acceptors (Lipinski definition) is 27. The lowest BCUT2D eigenvalue weighted by molar-refractivity contribution is 0.416. The number of benzene rings is 1. The van der Waals surface area contributed by atoms with E-state index in [9.17, 15) is 0 Å². The van der Waals surface area contributed by atoms with Crippen LogP contribution in [0.1, 0.15) is 390 Å². The first-order valence-electron chi connectivity index (χ1n) is 50.5. The number of nitrogens with zero attached hydrogens (tertiary/aromatic N) is 19. The normalized spacial score (nSPS) is 6.14. The molecule has 0 amide bonds. The molecule has 0 fully saturated rings. The van der Waals surface area contributed by atoms with Crippen LogP contribution in [0, 0.1) is 20.8 Å². The van der Waals surface area contributed by atoms with E-state index in [2.05, 4.69) is 142 Å². The highest BCUT2D eigenvalue weighted by Crippen LogP contribution is 1.95. The lowest BCUT2D eigenvalue weighted by Crippen LogP contribution is -1.69. The average molecular weight is 2010 g/mol. The minimum atomic E-state index is 0.606. The molecular formula is C108H221N21O4S4. The Morgan fingerprint density at radius 1 is 0.263 bits per heavy atom. The molecule has 0 spiro atoms. The van der Waals surface area contributed by atoms with Crippen molar-refractivity contribution >= 4 is 45.5 Å². The number of thiazole rings is 1. The zero-order valence-electron chi connectivity index (χ0n) is 99.0. The third kappa shape index (κ3) is 336. The number of aromatic nitrogens is 21. The van der Waals surface area contributed by atoms with Crippen LogP contribution < -0.4 is 0 Å². The molecule has 0 aliphatic carbocycles. The van der Waals surface area contributed by atoms with Crippen LogP contribution in [0.15, 0.2) is 310 Å². The average Bonchev–Trinajstić information content (AvgIpc) is 1.46. The van der Waals surface area contributed by atoms with Crippen molar-refractivity contribution in [2.24, 2.45) is 0 Å². The number of thiophene rings is 1. The maximum absolute atomic E-state index is 4.61. The number of furan rings is 1. The Balaban J connectivity index is -0.0000000366. The third-order valence-corrected chi connectivity index (χ3v) is 9.01. The molecule has 15 rings (SSSR count). The van der Waals surface area contributed by atoms with E-state index in [0.717, 1.165) is 5.01 Å². The van der Waals surface area contributed by atoms with Crippen LogP contribution in [0.4, 0.5) is 0 Å². The highest BCUT2D eigenvalue weighted by Gasteiger charge is 1.80. The Bertz CT molecular complexity index is 2450. The Morgan fingerprint density at radius 2 is 0.693 bits per heavy atom. The van der Waals surface area contributed by atoms with Crippen LogP contribution in [0.2, 0.25) is 0 Å². The molecule has 14 aromatic heterocycles. The molecule has 0 atom stereocenters. The van der Waals surface area contributed by atoms with Gasteiger partial charge >= 0.3 is 0 Å². The molecular weight excluding hydrogens is 1780 g/mol. The van der Waals surface area contributed by atoms with E-state index < -0.39 is 0 Å². The summed E-state index contributed by atoms with van der Waals surface area (Å²) in [5.41, 5.74) is 6.51. The Kier molecular flexibility index (Phi) is 501. The molecule has 137 heavy (non-hydrogen) atoms. The van der Waals surface area contributed by atoms with Gasteiger partial charge in [-0.1, -0.05) is 433 Å². The SMILES string of the molecule is CC.CC.CC.CC.CC.CC.CC.CC.CC.CC.CC.CC.CC.CC.CC.CC.CC.CC.CC.CC.CC.CC.CC.CC.CC.CC.CC.Cc1ccccc1.Cc1nnco1.Cc1nncs1.c1c[nH]cn1.c1ccncc1.c1ccnnc1.c1ccoc1.c1ccsc1.c1cn[nH]c1.c1cnccn1.c1cncnc1.c1cocn1.c1cscn1.c1ncon1.c1ncsn1. The second-order valence-electron chi connectivity index (χ2n) is 12.9. The summed E-state index contributed by atoms with van der Waals surface area (Å²) in [6.07, 6.45) is 41.7. The molecule has 0 radical (unpaired) electrons. The second-order valence-corrected chi connectivity index (χ2v) is 16.2. The molecule has 15 aromatic rings. The standard InChI is InChI=1S/C7H8.C5H5N.3C4H4N2.C4H4O.C4H4S.C3H4N2O.C3H4N2S.2C3H4N2.C3H3NO.C3H3NS.C2H2N2O.C2H2N2S.27C2H6/c1-7-5-3-2-4-6-7;1-2-4-6-5-3-1;1-2-6-4-3-5-1;1-2-5-4-6-3-1;1-2-4-6-5-3-1;2*1-2-4-5-3-1;2*1-3-5-4-2-6-3;1-2-5-3-4-1;1-2-4-5-3-1;2*1-2-5-3-4-1;2*1-3-2-5-4-1;27*1-2/h2-6H,1H3;1-5H;3*1-4H;2*1-4H;2*2H,1H3;2*1-3H,(H,4,5);2*1-3H;2*1-2H;27*1-2H3. The van der Waals surface area contributed by atoms with Gasteiger partial charge in [-0.05, 0) is 84.7 Å². The van der Waals surface area contributed by atoms with Crippen molar-refractivity contribution in [3.05, 3.63) is 309 Å². The van der Waals surface area contributed by atoms with E-state index in [-0.39, 0.29) is 0 Å². The fourth-order valence-electron chi connectivity index (χ4n) is 3.57. The highest BCUT2D eigenvalue weighted by atomic mass is 32.1. The first-order valence-corrected chi connectivity index (χ1v) is 54.1. The van der Waals surface area contributed by atoms with Crippen molar-refractivity contribution < 1.29 is 17.8 Å². The molecule has 0 saturated carbocycles. The summed E-state index contributed by atoms with van der Waals surface area (Å²) in [6.45, 7) is 114. The molecule has 0 aliphatic heterocycles. The lowest BCUT2D eigenvalue weighted by Gasteiger charge is -1.82. The number of oxazole rings is 1. The van der Waals surface area contributed by atoms with Crippen molar-refractivity contribution in [1.29, 1.82) is 0 Å². The van der Waals surface area contributed by atoms with Crippen molar-refractivity contribution in [1.82, 2.24) is 105 Å². The zero-order chi connectivity index (χ0) is 113. The van der Waals surface area contributed by atoms with Gasteiger partial charge in [-0.25, -0.2) is 29.9 Å². The van der Waals surface area contributed by atoms with Gasteiger partial charge in [-0.15, -0.1) is 43.1 Å². The number of pyridine rings is 1. The van der Waals surface area contributed by atoms with Gasteiger partial charge < -0.3 is 22.8 Å². The van der Waals surface area contributed by atoms with Gasteiger partial charge in [0.25, 0.3) is 0 Å². The van der Waals surface area contributed by atoms with Crippen molar-refractivity contribution in [2.75, 3.05) is 0 Å². The van der Waals surface area contributed by atoms with Crippen LogP contribution in [0.5, 0.6) is 0 Å². The van der Waals surface area contributed by atoms with Crippen molar-refractivity contribution in [3.63, 3.8) is 0 Å². The van der Waals surface area contributed by atoms with E-state index in [0.29, 0.717) is 5.89 Å². The summed E-state index contributed by atoms with van der Waals surface area (Å²) in [7, 11) is 0. The van der Waals surface area contributed by atoms with Crippen LogP contribution in [0.25, 0.3) is 0 Å². The van der Waals surface area contributed by atoms with Crippen molar-refractivity contribution in [2.45, 2.75) is 395 Å². The monoisotopic (exact) mass is 2000 g/mol. The number of imidazole rings is 1. The number of nitrogens with one attached hydrogen (secondary N) is 2. The van der Waals surface area contributed by atoms with Gasteiger partial charge in [0, 0.05) is 105 Å². The van der Waals surface area contributed by atoms with Gasteiger partial charge in [0.2, 0.25) is 18.7 Å². The van der Waals surface area contributed by atoms with Gasteiger partial charge in [0.05, 0.1) is 30.6 Å². The second kappa shape index (κ2) is 341. The topological polar surface area (TPSA) is 329 Å². The van der Waals surface area contributed by atoms with Crippen LogP contribution >= 0.6 is 45.5 Å². The van der Waals surface area contributed by atoms with Crippen LogP contribution in [0.3, 0.4) is 0 Å². The molecule has 0 aliphatic rings. The highest BCUT2D eigenvalue weighted by molar-refractivity contribution is 7.09. The predicted octanol–water partition coefficient (Wildman–Crippen LogP) is 39.7. The quantitative estimate of drug-likeness (QED) is 0.142. The molecule has 25 nitrogen and oxygen atoms in total. The molecule has 0 bridgehead atoms. The minimum Gasteiger partial charge on any atom is -0.473 e. The number of hydrogen-bond donors (Lipinski definition) is 2. The smallest absolute Gasteiger partial charge is 0.213 e. The molecule has 29 heteroatoms. The maximum atomic E-state index is 4.61. The number of aryl methyl sites for hydroxylation is 3. The lowest BCUT2D eigenvalue weighted by atomic mass is 10.2. The maximum Gasteiger partial charge on any atom is 0.213 e. The van der Waals surface area contributed by atoms with E-state index in [1.807, 2.05) is 476 Å². The van der Waals surface area contributed by atoms with E-state index in [1.165, 1.54) is 61.5 Å². The minimum absolute atomic E-state index is 0.606. The van der Waals surface area contributed by atoms with Gasteiger partial charge in [-0.2, -0.15) is 31.0 Å². The Morgan fingerprint density at radius 3 is 0.810 bits per heavy atom. The first-order chi connectivity index (χ1) is 68.2. The largest absolute Gasteiger partial charge is 0.473 e. The summed E-state index contributed by atoms with van der Waals surface area (Å²) in [5.74, 6) is 0.606. The summed E-state index contributed by atoms with van der Waals surface area (Å²) in [6, 6.07) is 30.9. The molecule has 0 unspecified atom stereocenters. The fraction of sp³-hybridized carbons (Fsp3) is 0.528. The molecule has 14 heterocycles. The first kappa shape index (κ1) is 201. The van der Waals surface area contributed by atoms with E-state index in [4.69, 9.17) is 0 Å². The number of aromatic amines is 2. The molecule has 1 aromatic carbocycles. The fourth-order valence-corrected chi connectivity index (χ4v) is 4.99. The zero-order valence-corrected chi connectivity index (χ0v) is 102. The Labute approximate surface area is 866 Å². The van der Waals surface area contributed by atoms with Gasteiger partial charge in [0.1, 0.15) is 34.9 Å². The number of H-pyrrole nitrogens is 2. The molecule has 2 N–H and O–H groups in total. The van der Waals surface area contributed by atoms with Gasteiger partial charge in [-0.3, -0.25) is 25.0 Å². The van der Waals surface area contributed by atoms with E-state index >= 15 is 0 Å². The third-order valence-electron chi connectivity index (χ3n) is 6.81. The summed E-state index contributed by atoms with van der Waals surface area (Å²) in [5, 5.41) is 37.7. The summed E-state index contributed by atoms with van der Waals surface area (Å²) < 4.78 is 21.5. The van der Waals surface area contributed by atoms with Crippen LogP contribution in [-0.4, -0.2) is 105 Å². The van der Waals surface area contributed by atoms with Crippen LogP contribution in [-0.2, 0) is 0 Å².